The lowest BCUT2D eigenvalue weighted by atomic mass is 10.1. The summed E-state index contributed by atoms with van der Waals surface area (Å²) in [5, 5.41) is 2.89. The Bertz CT molecular complexity index is 1400. The van der Waals surface area contributed by atoms with Crippen molar-refractivity contribution in [2.45, 2.75) is 31.3 Å². The highest BCUT2D eigenvalue weighted by Gasteiger charge is 2.33. The minimum absolute atomic E-state index is 0.0204. The van der Waals surface area contributed by atoms with E-state index in [2.05, 4.69) is 5.32 Å². The van der Waals surface area contributed by atoms with Crippen LogP contribution in [0.2, 0.25) is 10.0 Å². The molecule has 3 aromatic carbocycles. The average Bonchev–Trinajstić information content (AvgIpc) is 2.91. The first-order valence-corrected chi connectivity index (χ1v) is 13.9. The first-order chi connectivity index (χ1) is 18.0. The van der Waals surface area contributed by atoms with E-state index in [4.69, 9.17) is 27.9 Å². The Morgan fingerprint density at radius 2 is 1.63 bits per heavy atom. The van der Waals surface area contributed by atoms with Crippen molar-refractivity contribution in [1.82, 2.24) is 10.2 Å². The van der Waals surface area contributed by atoms with E-state index in [0.717, 1.165) is 15.4 Å². The van der Waals surface area contributed by atoms with E-state index >= 15 is 0 Å². The molecular formula is C27H29Cl2N3O5S. The smallest absolute Gasteiger partial charge is 0.264 e. The molecule has 0 saturated carbocycles. The normalized spacial score (nSPS) is 11.9. The molecule has 3 rings (SSSR count). The van der Waals surface area contributed by atoms with E-state index < -0.39 is 34.4 Å². The third-order valence-electron chi connectivity index (χ3n) is 5.99. The summed E-state index contributed by atoms with van der Waals surface area (Å²) in [5.41, 5.74) is 1.64. The minimum Gasteiger partial charge on any atom is -0.497 e. The molecule has 0 saturated heterocycles. The molecule has 1 N–H and O–H groups in total. The maximum Gasteiger partial charge on any atom is 0.264 e. The topological polar surface area (TPSA) is 96.0 Å². The summed E-state index contributed by atoms with van der Waals surface area (Å²) in [7, 11) is -1.24. The number of halogens is 2. The molecule has 0 aliphatic rings. The van der Waals surface area contributed by atoms with Crippen molar-refractivity contribution in [2.24, 2.45) is 0 Å². The van der Waals surface area contributed by atoms with E-state index in [1.807, 2.05) is 6.92 Å². The second kappa shape index (κ2) is 12.5. The Labute approximate surface area is 233 Å². The van der Waals surface area contributed by atoms with E-state index in [-0.39, 0.29) is 27.2 Å². The standard InChI is InChI=1S/C27H29Cl2N3O5S/c1-18-5-12-23(13-6-18)38(35,36)32(25-15-21(28)9-14-24(25)29)17-26(33)31(19(2)27(34)30-3)16-20-7-10-22(37-4)11-8-20/h5-15,19H,16-17H2,1-4H3,(H,30,34)/t19-/m0/s1. The van der Waals surface area contributed by atoms with Crippen LogP contribution in [-0.2, 0) is 26.2 Å². The maximum atomic E-state index is 13.8. The number of likely N-dealkylation sites (N-methyl/N-ethyl adjacent to an activating group) is 1. The van der Waals surface area contributed by atoms with Crippen LogP contribution in [0.25, 0.3) is 0 Å². The van der Waals surface area contributed by atoms with Gasteiger partial charge < -0.3 is 15.0 Å². The van der Waals surface area contributed by atoms with Gasteiger partial charge in [-0.15, -0.1) is 0 Å². The summed E-state index contributed by atoms with van der Waals surface area (Å²) in [5.74, 6) is -0.374. The van der Waals surface area contributed by atoms with Crippen LogP contribution in [0.4, 0.5) is 5.69 Å². The molecule has 0 radical (unpaired) electrons. The van der Waals surface area contributed by atoms with Crippen LogP contribution >= 0.6 is 23.2 Å². The summed E-state index contributed by atoms with van der Waals surface area (Å²) in [6.45, 7) is 2.85. The van der Waals surface area contributed by atoms with E-state index in [9.17, 15) is 18.0 Å². The number of rotatable bonds is 10. The van der Waals surface area contributed by atoms with Gasteiger partial charge in [0.2, 0.25) is 11.8 Å². The van der Waals surface area contributed by atoms with E-state index in [1.54, 1.807) is 50.4 Å². The number of hydrogen-bond acceptors (Lipinski definition) is 5. The molecule has 0 bridgehead atoms. The molecule has 0 spiro atoms. The van der Waals surface area contributed by atoms with Gasteiger partial charge in [0.05, 0.1) is 22.7 Å². The molecule has 0 heterocycles. The van der Waals surface area contributed by atoms with Gasteiger partial charge in [0.1, 0.15) is 18.3 Å². The minimum atomic E-state index is -4.25. The van der Waals surface area contributed by atoms with Gasteiger partial charge in [0.15, 0.2) is 0 Å². The highest BCUT2D eigenvalue weighted by Crippen LogP contribution is 2.33. The van der Waals surface area contributed by atoms with Crippen LogP contribution in [0.5, 0.6) is 5.75 Å². The van der Waals surface area contributed by atoms with Gasteiger partial charge in [-0.1, -0.05) is 53.0 Å². The quantitative estimate of drug-likeness (QED) is 0.378. The van der Waals surface area contributed by atoms with Crippen LogP contribution in [0.3, 0.4) is 0 Å². The number of carbonyl (C=O) groups is 2. The predicted molar refractivity (Wildman–Crippen MR) is 149 cm³/mol. The lowest BCUT2D eigenvalue weighted by Gasteiger charge is -2.32. The van der Waals surface area contributed by atoms with Crippen LogP contribution in [0.1, 0.15) is 18.1 Å². The second-order valence-electron chi connectivity index (χ2n) is 8.58. The number of amides is 2. The molecule has 2 amide bonds. The molecule has 0 aliphatic carbocycles. The Hall–Kier alpha value is -3.27. The van der Waals surface area contributed by atoms with Crippen molar-refractivity contribution in [1.29, 1.82) is 0 Å². The molecule has 1 atom stereocenters. The van der Waals surface area contributed by atoms with E-state index in [1.165, 1.54) is 42.3 Å². The lowest BCUT2D eigenvalue weighted by molar-refractivity contribution is -0.139. The van der Waals surface area contributed by atoms with Crippen molar-refractivity contribution >= 4 is 50.7 Å². The van der Waals surface area contributed by atoms with Gasteiger partial charge in [0.25, 0.3) is 10.0 Å². The van der Waals surface area contributed by atoms with Gasteiger partial charge in [-0.3, -0.25) is 13.9 Å². The molecule has 0 aliphatic heterocycles. The highest BCUT2D eigenvalue weighted by molar-refractivity contribution is 7.92. The number of ether oxygens (including phenoxy) is 1. The summed E-state index contributed by atoms with van der Waals surface area (Å²) >= 11 is 12.6. The zero-order valence-electron chi connectivity index (χ0n) is 21.4. The molecule has 8 nitrogen and oxygen atoms in total. The lowest BCUT2D eigenvalue weighted by Crippen LogP contribution is -2.50. The zero-order chi connectivity index (χ0) is 28.0. The molecule has 3 aromatic rings. The van der Waals surface area contributed by atoms with Crippen molar-refractivity contribution in [3.8, 4) is 5.75 Å². The molecule has 0 aromatic heterocycles. The van der Waals surface area contributed by atoms with E-state index in [0.29, 0.717) is 5.75 Å². The monoisotopic (exact) mass is 577 g/mol. The van der Waals surface area contributed by atoms with Gasteiger partial charge >= 0.3 is 0 Å². The van der Waals surface area contributed by atoms with Crippen molar-refractivity contribution in [3.63, 3.8) is 0 Å². The maximum absolute atomic E-state index is 13.8. The first kappa shape index (κ1) is 29.3. The number of nitrogens with one attached hydrogen (secondary N) is 1. The Balaban J connectivity index is 2.06. The Morgan fingerprint density at radius 1 is 1.00 bits per heavy atom. The fourth-order valence-corrected chi connectivity index (χ4v) is 5.61. The number of sulfonamides is 1. The molecule has 0 unspecified atom stereocenters. The van der Waals surface area contributed by atoms with Crippen LogP contribution < -0.4 is 14.4 Å². The third-order valence-corrected chi connectivity index (χ3v) is 8.32. The fourth-order valence-electron chi connectivity index (χ4n) is 3.75. The number of carbonyl (C=O) groups excluding carboxylic acids is 2. The zero-order valence-corrected chi connectivity index (χ0v) is 23.8. The number of benzene rings is 3. The van der Waals surface area contributed by atoms with Crippen molar-refractivity contribution < 1.29 is 22.7 Å². The number of methoxy groups -OCH3 is 1. The van der Waals surface area contributed by atoms with Gasteiger partial charge in [0, 0.05) is 18.6 Å². The van der Waals surface area contributed by atoms with Gasteiger partial charge in [-0.25, -0.2) is 8.42 Å². The summed E-state index contributed by atoms with van der Waals surface area (Å²) in [6, 6.07) is 16.7. The average molecular weight is 579 g/mol. The largest absolute Gasteiger partial charge is 0.497 e. The van der Waals surface area contributed by atoms with Crippen molar-refractivity contribution in [3.05, 3.63) is 87.9 Å². The summed E-state index contributed by atoms with van der Waals surface area (Å²) in [6.07, 6.45) is 0. The Kier molecular flexibility index (Phi) is 9.65. The number of anilines is 1. The van der Waals surface area contributed by atoms with Crippen molar-refractivity contribution in [2.75, 3.05) is 25.0 Å². The molecule has 0 fully saturated rings. The molecule has 202 valence electrons. The highest BCUT2D eigenvalue weighted by atomic mass is 35.5. The van der Waals surface area contributed by atoms with Gasteiger partial charge in [-0.05, 0) is 61.9 Å². The van der Waals surface area contributed by atoms with Crippen LogP contribution in [0.15, 0.2) is 71.6 Å². The molecule has 11 heteroatoms. The predicted octanol–water partition coefficient (Wildman–Crippen LogP) is 4.67. The summed E-state index contributed by atoms with van der Waals surface area (Å²) in [4.78, 5) is 27.6. The Morgan fingerprint density at radius 3 is 2.21 bits per heavy atom. The third kappa shape index (κ3) is 6.78. The second-order valence-corrected chi connectivity index (χ2v) is 11.3. The number of nitrogens with zero attached hydrogens (tertiary/aromatic N) is 2. The molecular weight excluding hydrogens is 549 g/mol. The molecule has 38 heavy (non-hydrogen) atoms. The number of aryl methyl sites for hydroxylation is 1. The van der Waals surface area contributed by atoms with Gasteiger partial charge in [-0.2, -0.15) is 0 Å². The fraction of sp³-hybridized carbons (Fsp3) is 0.259. The SMILES string of the molecule is CNC(=O)[C@H](C)N(Cc1ccc(OC)cc1)C(=O)CN(c1cc(Cl)ccc1Cl)S(=O)(=O)c1ccc(C)cc1. The van der Waals surface area contributed by atoms with Crippen LogP contribution in [0, 0.1) is 6.92 Å². The summed E-state index contributed by atoms with van der Waals surface area (Å²) < 4.78 is 33.7. The van der Waals surface area contributed by atoms with Crippen LogP contribution in [-0.4, -0.2) is 51.9 Å². The first-order valence-electron chi connectivity index (χ1n) is 11.7. The number of hydrogen-bond donors (Lipinski definition) is 1.